The Morgan fingerprint density at radius 2 is 2.20 bits per heavy atom. The van der Waals surface area contributed by atoms with Gasteiger partial charge in [-0.3, -0.25) is 9.69 Å². The Hall–Kier alpha value is -0.650. The Balaban J connectivity index is 2.22. The summed E-state index contributed by atoms with van der Waals surface area (Å²) in [6.07, 6.45) is 1.34. The van der Waals surface area contributed by atoms with E-state index in [1.165, 1.54) is 0 Å². The van der Waals surface area contributed by atoms with Gasteiger partial charge in [0.25, 0.3) is 0 Å². The normalized spacial score (nSPS) is 22.6. The molecule has 0 saturated carbocycles. The van der Waals surface area contributed by atoms with Gasteiger partial charge in [-0.15, -0.1) is 0 Å². The van der Waals surface area contributed by atoms with Crippen molar-refractivity contribution in [2.75, 3.05) is 32.8 Å². The lowest BCUT2D eigenvalue weighted by molar-refractivity contribution is -0.122. The molecule has 20 heavy (non-hydrogen) atoms. The van der Waals surface area contributed by atoms with Crippen LogP contribution in [0.3, 0.4) is 0 Å². The number of carbonyl (C=O) groups is 1. The van der Waals surface area contributed by atoms with Crippen molar-refractivity contribution in [3.8, 4) is 0 Å². The highest BCUT2D eigenvalue weighted by Gasteiger charge is 2.21. The van der Waals surface area contributed by atoms with Crippen LogP contribution in [-0.4, -0.2) is 55.7 Å². The van der Waals surface area contributed by atoms with Crippen LogP contribution in [0.1, 0.15) is 40.5 Å². The fourth-order valence-electron chi connectivity index (χ4n) is 2.59. The van der Waals surface area contributed by atoms with Crippen LogP contribution in [0, 0.1) is 5.41 Å². The lowest BCUT2D eigenvalue weighted by Crippen LogP contribution is -2.47. The maximum absolute atomic E-state index is 11.9. The summed E-state index contributed by atoms with van der Waals surface area (Å²) in [5.41, 5.74) is 6.17. The van der Waals surface area contributed by atoms with Crippen LogP contribution < -0.4 is 11.1 Å². The lowest BCUT2D eigenvalue weighted by Gasteiger charge is -2.32. The van der Waals surface area contributed by atoms with E-state index in [2.05, 4.69) is 37.9 Å². The molecule has 0 aromatic carbocycles. The van der Waals surface area contributed by atoms with Crippen LogP contribution in [0.2, 0.25) is 0 Å². The predicted molar refractivity (Wildman–Crippen MR) is 81.5 cm³/mol. The monoisotopic (exact) mass is 285 g/mol. The van der Waals surface area contributed by atoms with Gasteiger partial charge in [0.15, 0.2) is 0 Å². The van der Waals surface area contributed by atoms with Crippen molar-refractivity contribution in [3.05, 3.63) is 0 Å². The average Bonchev–Trinajstić information content (AvgIpc) is 2.34. The van der Waals surface area contributed by atoms with Gasteiger partial charge < -0.3 is 15.8 Å². The van der Waals surface area contributed by atoms with Crippen LogP contribution in [0.5, 0.6) is 0 Å². The minimum atomic E-state index is -0.0746. The third-order valence-corrected chi connectivity index (χ3v) is 3.52. The predicted octanol–water partition coefficient (Wildman–Crippen LogP) is 0.977. The molecule has 0 aromatic heterocycles. The van der Waals surface area contributed by atoms with Crippen molar-refractivity contribution in [2.24, 2.45) is 11.1 Å². The standard InChI is InChI=1S/C15H31N3O2/c1-5-18-6-7-20-13(11-18)10-17-14(19)8-12(16)9-15(2,3)4/h12-13H,5-11,16H2,1-4H3,(H,17,19). The van der Waals surface area contributed by atoms with E-state index >= 15 is 0 Å². The summed E-state index contributed by atoms with van der Waals surface area (Å²) in [6, 6.07) is -0.0746. The number of morpholine rings is 1. The van der Waals surface area contributed by atoms with Gasteiger partial charge in [-0.2, -0.15) is 0 Å². The number of amides is 1. The molecule has 1 heterocycles. The molecule has 5 nitrogen and oxygen atoms in total. The van der Waals surface area contributed by atoms with Gasteiger partial charge in [-0.1, -0.05) is 27.7 Å². The van der Waals surface area contributed by atoms with Gasteiger partial charge in [0.2, 0.25) is 5.91 Å². The first-order valence-electron chi connectivity index (χ1n) is 7.66. The minimum absolute atomic E-state index is 0.0268. The topological polar surface area (TPSA) is 67.6 Å². The number of hydrogen-bond acceptors (Lipinski definition) is 4. The molecule has 118 valence electrons. The third kappa shape index (κ3) is 7.22. The van der Waals surface area contributed by atoms with Crippen molar-refractivity contribution in [1.82, 2.24) is 10.2 Å². The van der Waals surface area contributed by atoms with E-state index in [-0.39, 0.29) is 23.5 Å². The van der Waals surface area contributed by atoms with Crippen molar-refractivity contribution in [1.29, 1.82) is 0 Å². The molecule has 0 radical (unpaired) electrons. The number of nitrogens with two attached hydrogens (primary N) is 1. The number of ether oxygens (including phenoxy) is 1. The zero-order valence-corrected chi connectivity index (χ0v) is 13.4. The van der Waals surface area contributed by atoms with Crippen LogP contribution >= 0.6 is 0 Å². The van der Waals surface area contributed by atoms with Crippen LogP contribution in [-0.2, 0) is 9.53 Å². The molecule has 1 aliphatic heterocycles. The highest BCUT2D eigenvalue weighted by atomic mass is 16.5. The van der Waals surface area contributed by atoms with E-state index in [4.69, 9.17) is 10.5 Å². The van der Waals surface area contributed by atoms with Crippen LogP contribution in [0.25, 0.3) is 0 Å². The SMILES string of the molecule is CCN1CCOC(CNC(=O)CC(N)CC(C)(C)C)C1. The van der Waals surface area contributed by atoms with Gasteiger partial charge in [-0.25, -0.2) is 0 Å². The second-order valence-electron chi connectivity index (χ2n) is 6.92. The largest absolute Gasteiger partial charge is 0.374 e. The van der Waals surface area contributed by atoms with Gasteiger partial charge in [0, 0.05) is 32.1 Å². The van der Waals surface area contributed by atoms with Crippen molar-refractivity contribution >= 4 is 5.91 Å². The molecular formula is C15H31N3O2. The van der Waals surface area contributed by atoms with Gasteiger partial charge in [0.05, 0.1) is 12.7 Å². The van der Waals surface area contributed by atoms with E-state index < -0.39 is 0 Å². The second-order valence-corrected chi connectivity index (χ2v) is 6.92. The maximum atomic E-state index is 11.9. The van der Waals surface area contributed by atoms with Crippen LogP contribution in [0.15, 0.2) is 0 Å². The number of nitrogens with one attached hydrogen (secondary N) is 1. The first-order chi connectivity index (χ1) is 9.30. The summed E-state index contributed by atoms with van der Waals surface area (Å²) in [6.45, 7) is 12.8. The van der Waals surface area contributed by atoms with E-state index in [0.717, 1.165) is 32.7 Å². The Morgan fingerprint density at radius 1 is 1.50 bits per heavy atom. The minimum Gasteiger partial charge on any atom is -0.374 e. The fraction of sp³-hybridized carbons (Fsp3) is 0.933. The molecule has 1 amide bonds. The van der Waals surface area contributed by atoms with E-state index in [1.807, 2.05) is 0 Å². The summed E-state index contributed by atoms with van der Waals surface area (Å²) >= 11 is 0. The van der Waals surface area contributed by atoms with Crippen molar-refractivity contribution < 1.29 is 9.53 Å². The molecule has 0 spiro atoms. The zero-order valence-electron chi connectivity index (χ0n) is 13.4. The molecule has 0 aliphatic carbocycles. The number of carbonyl (C=O) groups excluding carboxylic acids is 1. The molecule has 5 heteroatoms. The summed E-state index contributed by atoms with van der Waals surface area (Å²) in [5.74, 6) is 0.0268. The van der Waals surface area contributed by atoms with E-state index in [9.17, 15) is 4.79 Å². The van der Waals surface area contributed by atoms with E-state index in [1.54, 1.807) is 0 Å². The number of rotatable bonds is 6. The van der Waals surface area contributed by atoms with Gasteiger partial charge >= 0.3 is 0 Å². The Morgan fingerprint density at radius 3 is 2.80 bits per heavy atom. The third-order valence-electron chi connectivity index (χ3n) is 3.52. The smallest absolute Gasteiger partial charge is 0.221 e. The van der Waals surface area contributed by atoms with Crippen molar-refractivity contribution in [3.63, 3.8) is 0 Å². The fourth-order valence-corrected chi connectivity index (χ4v) is 2.59. The first-order valence-corrected chi connectivity index (χ1v) is 7.66. The molecule has 2 atom stereocenters. The van der Waals surface area contributed by atoms with E-state index in [0.29, 0.717) is 13.0 Å². The Bertz CT molecular complexity index is 302. The Kier molecular flexibility index (Phi) is 6.92. The summed E-state index contributed by atoms with van der Waals surface area (Å²) in [4.78, 5) is 14.2. The first kappa shape index (κ1) is 17.4. The van der Waals surface area contributed by atoms with Gasteiger partial charge in [-0.05, 0) is 18.4 Å². The molecule has 0 bridgehead atoms. The molecule has 1 rings (SSSR count). The quantitative estimate of drug-likeness (QED) is 0.763. The summed E-state index contributed by atoms with van der Waals surface area (Å²) in [7, 11) is 0. The van der Waals surface area contributed by atoms with Crippen molar-refractivity contribution in [2.45, 2.75) is 52.7 Å². The zero-order chi connectivity index (χ0) is 15.2. The molecule has 2 unspecified atom stereocenters. The number of nitrogens with zero attached hydrogens (tertiary/aromatic N) is 1. The highest BCUT2D eigenvalue weighted by Crippen LogP contribution is 2.20. The number of hydrogen-bond donors (Lipinski definition) is 2. The molecule has 0 aromatic rings. The molecular weight excluding hydrogens is 254 g/mol. The average molecular weight is 285 g/mol. The lowest BCUT2D eigenvalue weighted by atomic mass is 9.87. The van der Waals surface area contributed by atoms with Gasteiger partial charge in [0.1, 0.15) is 0 Å². The second kappa shape index (κ2) is 7.96. The van der Waals surface area contributed by atoms with Crippen LogP contribution in [0.4, 0.5) is 0 Å². The molecule has 1 fully saturated rings. The molecule has 1 saturated heterocycles. The summed E-state index contributed by atoms with van der Waals surface area (Å²) in [5, 5.41) is 2.94. The Labute approximate surface area is 123 Å². The number of likely N-dealkylation sites (N-methyl/N-ethyl adjacent to an activating group) is 1. The maximum Gasteiger partial charge on any atom is 0.221 e. The molecule has 1 aliphatic rings. The summed E-state index contributed by atoms with van der Waals surface area (Å²) < 4.78 is 5.66. The molecule has 3 N–H and O–H groups in total. The highest BCUT2D eigenvalue weighted by molar-refractivity contribution is 5.76.